The van der Waals surface area contributed by atoms with Gasteiger partial charge in [-0.1, -0.05) is 12.1 Å². The van der Waals surface area contributed by atoms with Crippen molar-refractivity contribution in [3.8, 4) is 0 Å². The van der Waals surface area contributed by atoms with E-state index in [-0.39, 0.29) is 5.91 Å². The summed E-state index contributed by atoms with van der Waals surface area (Å²) in [5.74, 6) is -0.0375. The van der Waals surface area contributed by atoms with Gasteiger partial charge in [-0.2, -0.15) is 0 Å². The van der Waals surface area contributed by atoms with Crippen LogP contribution in [0, 0.1) is 20.8 Å². The Bertz CT molecular complexity index is 591. The summed E-state index contributed by atoms with van der Waals surface area (Å²) in [7, 11) is 0. The van der Waals surface area contributed by atoms with Crippen molar-refractivity contribution in [3.05, 3.63) is 64.5 Å². The van der Waals surface area contributed by atoms with Crippen molar-refractivity contribution in [1.29, 1.82) is 0 Å². The van der Waals surface area contributed by atoms with Crippen LogP contribution in [0.3, 0.4) is 0 Å². The number of hydrogen-bond acceptors (Lipinski definition) is 2. The van der Waals surface area contributed by atoms with Crippen molar-refractivity contribution in [1.82, 2.24) is 10.3 Å². The Morgan fingerprint density at radius 2 is 1.89 bits per heavy atom. The lowest BCUT2D eigenvalue weighted by atomic mass is 10.0. The number of pyridine rings is 1. The molecule has 3 heteroatoms. The molecule has 1 N–H and O–H groups in total. The number of amides is 1. The lowest BCUT2D eigenvalue weighted by Gasteiger charge is -2.10. The van der Waals surface area contributed by atoms with E-state index in [1.165, 1.54) is 5.56 Å². The van der Waals surface area contributed by atoms with Crippen LogP contribution in [0.1, 0.15) is 32.6 Å². The molecule has 1 amide bonds. The molecule has 98 valence electrons. The van der Waals surface area contributed by atoms with Gasteiger partial charge in [-0.15, -0.1) is 0 Å². The van der Waals surface area contributed by atoms with Crippen molar-refractivity contribution in [2.75, 3.05) is 0 Å². The molecule has 0 saturated heterocycles. The number of carbonyl (C=O) groups is 1. The molecule has 0 unspecified atom stereocenters. The number of aryl methyl sites for hydroxylation is 3. The molecule has 0 aliphatic carbocycles. The smallest absolute Gasteiger partial charge is 0.251 e. The number of nitrogens with zero attached hydrogens (tertiary/aromatic N) is 1. The van der Waals surface area contributed by atoms with Gasteiger partial charge in [0.2, 0.25) is 0 Å². The number of carbonyl (C=O) groups excluding carboxylic acids is 1. The monoisotopic (exact) mass is 254 g/mol. The fraction of sp³-hybridized carbons (Fsp3) is 0.250. The molecule has 0 aliphatic rings. The number of nitrogens with one attached hydrogen (secondary N) is 1. The zero-order valence-electron chi connectivity index (χ0n) is 11.5. The molecule has 0 saturated carbocycles. The van der Waals surface area contributed by atoms with Gasteiger partial charge in [0.25, 0.3) is 5.91 Å². The molecule has 3 nitrogen and oxygen atoms in total. The number of aromatic nitrogens is 1. The van der Waals surface area contributed by atoms with E-state index in [9.17, 15) is 4.79 Å². The van der Waals surface area contributed by atoms with Gasteiger partial charge in [0.1, 0.15) is 0 Å². The number of rotatable bonds is 3. The minimum Gasteiger partial charge on any atom is -0.348 e. The summed E-state index contributed by atoms with van der Waals surface area (Å²) in [5.41, 5.74) is 5.09. The third kappa shape index (κ3) is 3.19. The van der Waals surface area contributed by atoms with E-state index in [4.69, 9.17) is 0 Å². The highest BCUT2D eigenvalue weighted by Crippen LogP contribution is 2.15. The van der Waals surface area contributed by atoms with Crippen molar-refractivity contribution < 1.29 is 4.79 Å². The first-order chi connectivity index (χ1) is 9.08. The molecule has 0 radical (unpaired) electrons. The zero-order valence-corrected chi connectivity index (χ0v) is 11.5. The van der Waals surface area contributed by atoms with Gasteiger partial charge in [-0.3, -0.25) is 9.78 Å². The summed E-state index contributed by atoms with van der Waals surface area (Å²) < 4.78 is 0. The largest absolute Gasteiger partial charge is 0.348 e. The average Bonchev–Trinajstić information content (AvgIpc) is 2.41. The van der Waals surface area contributed by atoms with E-state index >= 15 is 0 Å². The average molecular weight is 254 g/mol. The molecule has 2 aromatic rings. The molecule has 1 aromatic carbocycles. The first kappa shape index (κ1) is 13.3. The third-order valence-corrected chi connectivity index (χ3v) is 3.26. The van der Waals surface area contributed by atoms with Gasteiger partial charge in [-0.05, 0) is 55.2 Å². The maximum atomic E-state index is 12.2. The van der Waals surface area contributed by atoms with Gasteiger partial charge in [0.15, 0.2) is 0 Å². The fourth-order valence-electron chi connectivity index (χ4n) is 1.99. The van der Waals surface area contributed by atoms with E-state index in [0.29, 0.717) is 6.54 Å². The van der Waals surface area contributed by atoms with Crippen LogP contribution in [0.2, 0.25) is 0 Å². The Morgan fingerprint density at radius 1 is 1.16 bits per heavy atom. The Morgan fingerprint density at radius 3 is 2.58 bits per heavy atom. The third-order valence-electron chi connectivity index (χ3n) is 3.26. The topological polar surface area (TPSA) is 42.0 Å². The molecule has 2 rings (SSSR count). The second kappa shape index (κ2) is 5.65. The Hall–Kier alpha value is -2.16. The lowest BCUT2D eigenvalue weighted by molar-refractivity contribution is 0.0950. The standard InChI is InChI=1S/C16H18N2O/c1-11-7-13(3)15(8-12(11)2)16(19)18-10-14-5-4-6-17-9-14/h4-9H,10H2,1-3H3,(H,18,19). The first-order valence-corrected chi connectivity index (χ1v) is 6.33. The van der Waals surface area contributed by atoms with Crippen LogP contribution < -0.4 is 5.32 Å². The Balaban J connectivity index is 2.10. The van der Waals surface area contributed by atoms with Gasteiger partial charge < -0.3 is 5.32 Å². The first-order valence-electron chi connectivity index (χ1n) is 6.33. The lowest BCUT2D eigenvalue weighted by Crippen LogP contribution is -2.23. The van der Waals surface area contributed by atoms with E-state index in [2.05, 4.69) is 17.2 Å². The summed E-state index contributed by atoms with van der Waals surface area (Å²) in [6, 6.07) is 7.81. The SMILES string of the molecule is Cc1cc(C)c(C(=O)NCc2cccnc2)cc1C. The van der Waals surface area contributed by atoms with Crippen LogP contribution in [-0.2, 0) is 6.54 Å². The maximum absolute atomic E-state index is 12.2. The summed E-state index contributed by atoms with van der Waals surface area (Å²) >= 11 is 0. The van der Waals surface area contributed by atoms with Crippen molar-refractivity contribution in [2.24, 2.45) is 0 Å². The highest BCUT2D eigenvalue weighted by molar-refractivity contribution is 5.95. The molecular formula is C16H18N2O. The van der Waals surface area contributed by atoms with Crippen LogP contribution in [0.4, 0.5) is 0 Å². The van der Waals surface area contributed by atoms with Gasteiger partial charge in [-0.25, -0.2) is 0 Å². The van der Waals surface area contributed by atoms with Crippen LogP contribution in [0.15, 0.2) is 36.7 Å². The molecule has 0 aliphatic heterocycles. The normalized spacial score (nSPS) is 10.3. The molecule has 0 bridgehead atoms. The maximum Gasteiger partial charge on any atom is 0.251 e. The molecule has 0 spiro atoms. The summed E-state index contributed by atoms with van der Waals surface area (Å²) in [6.07, 6.45) is 3.48. The Kier molecular flexibility index (Phi) is 3.95. The molecule has 0 fully saturated rings. The second-order valence-electron chi connectivity index (χ2n) is 4.80. The Labute approximate surface area is 113 Å². The van der Waals surface area contributed by atoms with Crippen molar-refractivity contribution >= 4 is 5.91 Å². The van der Waals surface area contributed by atoms with E-state index in [1.807, 2.05) is 38.1 Å². The highest BCUT2D eigenvalue weighted by Gasteiger charge is 2.10. The van der Waals surface area contributed by atoms with Crippen molar-refractivity contribution in [3.63, 3.8) is 0 Å². The minimum atomic E-state index is -0.0375. The van der Waals surface area contributed by atoms with Crippen molar-refractivity contribution in [2.45, 2.75) is 27.3 Å². The highest BCUT2D eigenvalue weighted by atomic mass is 16.1. The number of hydrogen-bond donors (Lipinski definition) is 1. The van der Waals surface area contributed by atoms with E-state index in [0.717, 1.165) is 22.3 Å². The van der Waals surface area contributed by atoms with Gasteiger partial charge in [0, 0.05) is 24.5 Å². The summed E-state index contributed by atoms with van der Waals surface area (Å²) in [4.78, 5) is 16.2. The summed E-state index contributed by atoms with van der Waals surface area (Å²) in [6.45, 7) is 6.54. The molecule has 1 heterocycles. The second-order valence-corrected chi connectivity index (χ2v) is 4.80. The van der Waals surface area contributed by atoms with Crippen LogP contribution in [0.5, 0.6) is 0 Å². The van der Waals surface area contributed by atoms with Gasteiger partial charge in [0.05, 0.1) is 0 Å². The summed E-state index contributed by atoms with van der Waals surface area (Å²) in [5, 5.41) is 2.92. The quantitative estimate of drug-likeness (QED) is 0.915. The van der Waals surface area contributed by atoms with Crippen LogP contribution in [0.25, 0.3) is 0 Å². The van der Waals surface area contributed by atoms with E-state index in [1.54, 1.807) is 12.4 Å². The number of benzene rings is 1. The predicted octanol–water partition coefficient (Wildman–Crippen LogP) is 2.94. The molecule has 1 aromatic heterocycles. The molecule has 0 atom stereocenters. The minimum absolute atomic E-state index is 0.0375. The predicted molar refractivity (Wildman–Crippen MR) is 76.1 cm³/mol. The zero-order chi connectivity index (χ0) is 13.8. The van der Waals surface area contributed by atoms with Crippen LogP contribution in [-0.4, -0.2) is 10.9 Å². The fourth-order valence-corrected chi connectivity index (χ4v) is 1.99. The van der Waals surface area contributed by atoms with E-state index < -0.39 is 0 Å². The molecular weight excluding hydrogens is 236 g/mol. The van der Waals surface area contributed by atoms with Gasteiger partial charge >= 0.3 is 0 Å². The molecule has 19 heavy (non-hydrogen) atoms. The van der Waals surface area contributed by atoms with Crippen LogP contribution >= 0.6 is 0 Å².